The maximum absolute atomic E-state index is 10.6. The highest BCUT2D eigenvalue weighted by Crippen LogP contribution is 2.20. The molecule has 0 N–H and O–H groups in total. The molecule has 0 fully saturated rings. The van der Waals surface area contributed by atoms with E-state index >= 15 is 0 Å². The molecule has 58 valence electrons. The van der Waals surface area contributed by atoms with Gasteiger partial charge in [0.1, 0.15) is 11.9 Å². The molecule has 10 heavy (non-hydrogen) atoms. The van der Waals surface area contributed by atoms with Gasteiger partial charge in [-0.3, -0.25) is 0 Å². The van der Waals surface area contributed by atoms with Gasteiger partial charge in [0, 0.05) is 0 Å². The summed E-state index contributed by atoms with van der Waals surface area (Å²) in [5, 5.41) is 0. The Morgan fingerprint density at radius 3 is 2.30 bits per heavy atom. The third-order valence-electron chi connectivity index (χ3n) is 0.960. The predicted molar refractivity (Wildman–Crippen MR) is 34.3 cm³/mol. The summed E-state index contributed by atoms with van der Waals surface area (Å²) in [5.74, 6) is 0. The highest BCUT2D eigenvalue weighted by molar-refractivity contribution is 7.82. The third kappa shape index (κ3) is 1.71. The van der Waals surface area contributed by atoms with Gasteiger partial charge in [-0.1, -0.05) is 0 Å². The van der Waals surface area contributed by atoms with Crippen molar-refractivity contribution in [1.82, 2.24) is 0 Å². The van der Waals surface area contributed by atoms with Gasteiger partial charge >= 0.3 is 10.4 Å². The molecular weight excluding hydrogens is 156 g/mol. The average molecular weight is 164 g/mol. The zero-order chi connectivity index (χ0) is 7.83. The fourth-order valence-electron chi connectivity index (χ4n) is 0.570. The van der Waals surface area contributed by atoms with Crippen molar-refractivity contribution in [2.45, 2.75) is 19.4 Å². The van der Waals surface area contributed by atoms with E-state index in [2.05, 4.69) is 8.37 Å². The Hall–Kier alpha value is -0.550. The van der Waals surface area contributed by atoms with E-state index in [4.69, 9.17) is 0 Å². The predicted octanol–water partition coefficient (Wildman–Crippen LogP) is 0.570. The highest BCUT2D eigenvalue weighted by Gasteiger charge is 2.28. The number of hydrogen-bond donors (Lipinski definition) is 0. The zero-order valence-electron chi connectivity index (χ0n) is 5.70. The largest absolute Gasteiger partial charge is 0.449 e. The molecule has 0 saturated carbocycles. The summed E-state index contributed by atoms with van der Waals surface area (Å²) < 4.78 is 29.8. The molecule has 0 aromatic heterocycles. The Kier molecular flexibility index (Phi) is 1.48. The lowest BCUT2D eigenvalue weighted by Gasteiger charge is -2.22. The van der Waals surface area contributed by atoms with Gasteiger partial charge in [-0.25, -0.2) is 4.18 Å². The summed E-state index contributed by atoms with van der Waals surface area (Å²) in [5.41, 5.74) is -0.781. The van der Waals surface area contributed by atoms with E-state index in [9.17, 15) is 8.42 Å². The van der Waals surface area contributed by atoms with Crippen molar-refractivity contribution in [2.24, 2.45) is 0 Å². The minimum atomic E-state index is -3.78. The molecule has 0 atom stereocenters. The minimum Gasteiger partial charge on any atom is -0.370 e. The lowest BCUT2D eigenvalue weighted by atomic mass is 10.1. The molecule has 4 nitrogen and oxygen atoms in total. The standard InChI is InChI=1S/C5H8O4S/c1-5(2)3-4-8-10(6,7)9-5/h3-4H,1-2H3. The molecule has 0 unspecified atom stereocenters. The summed E-state index contributed by atoms with van der Waals surface area (Å²) in [4.78, 5) is 0. The van der Waals surface area contributed by atoms with E-state index in [0.29, 0.717) is 0 Å². The zero-order valence-corrected chi connectivity index (χ0v) is 6.51. The molecule has 0 bridgehead atoms. The first-order chi connectivity index (χ1) is 4.41. The maximum atomic E-state index is 10.6. The van der Waals surface area contributed by atoms with Gasteiger partial charge in [-0.15, -0.1) is 0 Å². The van der Waals surface area contributed by atoms with Gasteiger partial charge in [0.15, 0.2) is 0 Å². The first-order valence-corrected chi connectivity index (χ1v) is 4.06. The minimum absolute atomic E-state index is 0.781. The number of hydrogen-bond acceptors (Lipinski definition) is 4. The lowest BCUT2D eigenvalue weighted by Crippen LogP contribution is -2.29. The van der Waals surface area contributed by atoms with Crippen LogP contribution in [0, 0.1) is 0 Å². The van der Waals surface area contributed by atoms with E-state index in [1.165, 1.54) is 6.08 Å². The van der Waals surface area contributed by atoms with Crippen LogP contribution in [0.25, 0.3) is 0 Å². The summed E-state index contributed by atoms with van der Waals surface area (Å²) in [6.45, 7) is 3.26. The van der Waals surface area contributed by atoms with Gasteiger partial charge in [-0.2, -0.15) is 8.42 Å². The molecule has 0 spiro atoms. The molecule has 5 heteroatoms. The SMILES string of the molecule is CC1(C)C=COS(=O)(=O)O1. The van der Waals surface area contributed by atoms with Crippen LogP contribution in [-0.4, -0.2) is 14.0 Å². The van der Waals surface area contributed by atoms with E-state index < -0.39 is 16.0 Å². The van der Waals surface area contributed by atoms with Crippen molar-refractivity contribution in [2.75, 3.05) is 0 Å². The smallest absolute Gasteiger partial charge is 0.370 e. The van der Waals surface area contributed by atoms with Crippen LogP contribution in [0.4, 0.5) is 0 Å². The van der Waals surface area contributed by atoms with Crippen molar-refractivity contribution in [3.05, 3.63) is 12.3 Å². The monoisotopic (exact) mass is 164 g/mol. The summed E-state index contributed by atoms with van der Waals surface area (Å²) in [7, 11) is -3.78. The van der Waals surface area contributed by atoms with Crippen LogP contribution in [0.2, 0.25) is 0 Å². The molecule has 0 aromatic carbocycles. The van der Waals surface area contributed by atoms with Crippen LogP contribution in [-0.2, 0) is 18.8 Å². The van der Waals surface area contributed by atoms with Gasteiger partial charge < -0.3 is 4.18 Å². The molecule has 0 aromatic rings. The van der Waals surface area contributed by atoms with Crippen molar-refractivity contribution >= 4 is 10.4 Å². The third-order valence-corrected chi connectivity index (χ3v) is 1.94. The van der Waals surface area contributed by atoms with E-state index in [-0.39, 0.29) is 0 Å². The molecule has 0 amide bonds. The van der Waals surface area contributed by atoms with Crippen molar-refractivity contribution in [3.63, 3.8) is 0 Å². The Balaban J connectivity index is 2.94. The van der Waals surface area contributed by atoms with Crippen LogP contribution in [0.1, 0.15) is 13.8 Å². The molecule has 0 saturated heterocycles. The van der Waals surface area contributed by atoms with Gasteiger partial charge in [0.2, 0.25) is 0 Å². The van der Waals surface area contributed by atoms with Crippen LogP contribution in [0.5, 0.6) is 0 Å². The van der Waals surface area contributed by atoms with Crippen LogP contribution in [0.3, 0.4) is 0 Å². The topological polar surface area (TPSA) is 52.6 Å². The molecular formula is C5H8O4S. The van der Waals surface area contributed by atoms with Gasteiger partial charge in [0.25, 0.3) is 0 Å². The lowest BCUT2D eigenvalue weighted by molar-refractivity contribution is 0.125. The second-order valence-corrected chi connectivity index (χ2v) is 3.67. The van der Waals surface area contributed by atoms with E-state index in [0.717, 1.165) is 6.26 Å². The average Bonchev–Trinajstić information content (AvgIpc) is 1.56. The first kappa shape index (κ1) is 7.56. The highest BCUT2D eigenvalue weighted by atomic mass is 32.3. The van der Waals surface area contributed by atoms with Crippen LogP contribution < -0.4 is 0 Å². The molecule has 1 heterocycles. The Labute approximate surface area is 59.8 Å². The molecule has 1 aliphatic heterocycles. The van der Waals surface area contributed by atoms with Gasteiger partial charge in [0.05, 0.1) is 0 Å². The molecule has 1 aliphatic rings. The summed E-state index contributed by atoms with van der Waals surface area (Å²) in [6.07, 6.45) is 2.63. The summed E-state index contributed by atoms with van der Waals surface area (Å²) >= 11 is 0. The van der Waals surface area contributed by atoms with Gasteiger partial charge in [-0.05, 0) is 19.9 Å². The van der Waals surface area contributed by atoms with Crippen LogP contribution in [0.15, 0.2) is 12.3 Å². The first-order valence-electron chi connectivity index (χ1n) is 2.73. The molecule has 0 radical (unpaired) electrons. The fourth-order valence-corrected chi connectivity index (χ4v) is 1.38. The van der Waals surface area contributed by atoms with Crippen molar-refractivity contribution < 1.29 is 16.8 Å². The van der Waals surface area contributed by atoms with Crippen molar-refractivity contribution in [1.29, 1.82) is 0 Å². The maximum Gasteiger partial charge on any atom is 0.449 e. The second kappa shape index (κ2) is 1.96. The quantitative estimate of drug-likeness (QED) is 0.525. The fraction of sp³-hybridized carbons (Fsp3) is 0.600. The van der Waals surface area contributed by atoms with Crippen molar-refractivity contribution in [3.8, 4) is 0 Å². The normalized spacial score (nSPS) is 27.4. The molecule has 1 rings (SSSR count). The Morgan fingerprint density at radius 2 is 2.00 bits per heavy atom. The molecule has 0 aliphatic carbocycles. The Bertz CT molecular complexity index is 249. The van der Waals surface area contributed by atoms with E-state index in [1.54, 1.807) is 13.8 Å². The second-order valence-electron chi connectivity index (χ2n) is 2.49. The van der Waals surface area contributed by atoms with Crippen LogP contribution >= 0.6 is 0 Å². The summed E-state index contributed by atoms with van der Waals surface area (Å²) in [6, 6.07) is 0. The Morgan fingerprint density at radius 1 is 1.40 bits per heavy atom. The number of rotatable bonds is 0. The van der Waals surface area contributed by atoms with E-state index in [1.807, 2.05) is 0 Å².